The fourth-order valence-electron chi connectivity index (χ4n) is 4.55. The molecule has 10 heteroatoms. The minimum absolute atomic E-state index is 0. The Balaban J connectivity index is 0.00000336. The molecule has 37 heavy (non-hydrogen) atoms. The molecule has 5 rings (SSSR count). The number of rotatable bonds is 6. The summed E-state index contributed by atoms with van der Waals surface area (Å²) >= 11 is 0. The monoisotopic (exact) mass is 520 g/mol. The zero-order valence-electron chi connectivity index (χ0n) is 21.2. The molecule has 0 radical (unpaired) electrons. The van der Waals surface area contributed by atoms with Crippen LogP contribution in [0.25, 0.3) is 22.2 Å². The van der Waals surface area contributed by atoms with Crippen molar-refractivity contribution in [3.63, 3.8) is 0 Å². The van der Waals surface area contributed by atoms with Crippen LogP contribution in [0.5, 0.6) is 0 Å². The summed E-state index contributed by atoms with van der Waals surface area (Å²) < 4.78 is 25.2. The molecule has 2 aromatic carbocycles. The topological polar surface area (TPSA) is 100 Å². The van der Waals surface area contributed by atoms with E-state index in [1.54, 1.807) is 29.0 Å². The van der Waals surface area contributed by atoms with E-state index in [1.807, 2.05) is 19.1 Å². The van der Waals surface area contributed by atoms with Crippen LogP contribution in [0.15, 0.2) is 70.5 Å². The van der Waals surface area contributed by atoms with Gasteiger partial charge < -0.3 is 15.1 Å². The van der Waals surface area contributed by atoms with Gasteiger partial charge in [0.15, 0.2) is 9.84 Å². The second-order valence-electron chi connectivity index (χ2n) is 9.34. The molecule has 4 aromatic rings. The molecule has 3 heterocycles. The number of nitrogens with zero attached hydrogens (tertiary/aromatic N) is 5. The van der Waals surface area contributed by atoms with Gasteiger partial charge in [-0.05, 0) is 62.0 Å². The Hall–Kier alpha value is -3.76. The third-order valence-electron chi connectivity index (χ3n) is 6.73. The molecular weight excluding hydrogens is 488 g/mol. The van der Waals surface area contributed by atoms with Crippen LogP contribution >= 0.6 is 0 Å². The van der Waals surface area contributed by atoms with E-state index in [0.29, 0.717) is 29.3 Å². The Morgan fingerprint density at radius 2 is 1.68 bits per heavy atom. The minimum Gasteiger partial charge on any atom is -0.369 e. The zero-order chi connectivity index (χ0) is 26.2. The van der Waals surface area contributed by atoms with Crippen molar-refractivity contribution >= 4 is 38.2 Å². The number of fused-ring (bicyclic) bond motifs is 1. The Bertz CT molecular complexity index is 1600. The highest BCUT2D eigenvalue weighted by Crippen LogP contribution is 2.24. The maximum Gasteiger partial charge on any atom is 0.260 e. The van der Waals surface area contributed by atoms with Gasteiger partial charge in [-0.3, -0.25) is 9.36 Å². The normalized spacial score (nSPS) is 14.7. The van der Waals surface area contributed by atoms with Crippen molar-refractivity contribution in [2.24, 2.45) is 0 Å². The number of hydrogen-bond acceptors (Lipinski definition) is 8. The lowest BCUT2D eigenvalue weighted by Crippen LogP contribution is -2.44. The second-order valence-corrected chi connectivity index (χ2v) is 11.4. The van der Waals surface area contributed by atoms with Gasteiger partial charge in [0, 0.05) is 68.9 Å². The Labute approximate surface area is 217 Å². The summed E-state index contributed by atoms with van der Waals surface area (Å²) in [6.07, 6.45) is 2.86. The average molecular weight is 521 g/mol. The lowest BCUT2D eigenvalue weighted by Gasteiger charge is -2.34. The van der Waals surface area contributed by atoms with Crippen LogP contribution in [0.4, 0.5) is 17.3 Å². The van der Waals surface area contributed by atoms with E-state index in [9.17, 15) is 13.2 Å². The van der Waals surface area contributed by atoms with Crippen LogP contribution in [0, 0.1) is 0 Å². The number of sulfone groups is 1. The first-order valence-corrected chi connectivity index (χ1v) is 14.1. The molecule has 0 unspecified atom stereocenters. The van der Waals surface area contributed by atoms with Crippen molar-refractivity contribution in [3.05, 3.63) is 71.1 Å². The van der Waals surface area contributed by atoms with Crippen LogP contribution in [-0.2, 0) is 16.4 Å². The summed E-state index contributed by atoms with van der Waals surface area (Å²) in [5.74, 6) is 0.409. The number of aromatic nitrogens is 3. The number of nitrogens with one attached hydrogen (secondary N) is 1. The van der Waals surface area contributed by atoms with Crippen LogP contribution in [0.3, 0.4) is 0 Å². The van der Waals surface area contributed by atoms with Crippen LogP contribution in [-0.4, -0.2) is 67.3 Å². The van der Waals surface area contributed by atoms with E-state index in [4.69, 9.17) is 0 Å². The highest BCUT2D eigenvalue weighted by molar-refractivity contribution is 7.90. The van der Waals surface area contributed by atoms with E-state index in [-0.39, 0.29) is 11.9 Å². The molecule has 0 saturated carbocycles. The smallest absolute Gasteiger partial charge is 0.260 e. The van der Waals surface area contributed by atoms with Gasteiger partial charge in [0.1, 0.15) is 5.65 Å². The Morgan fingerprint density at radius 1 is 1.00 bits per heavy atom. The molecule has 1 fully saturated rings. The van der Waals surface area contributed by atoms with Gasteiger partial charge >= 0.3 is 0 Å². The van der Waals surface area contributed by atoms with E-state index >= 15 is 0 Å². The molecule has 0 atom stereocenters. The molecular formula is C27H32N6O3S. The Morgan fingerprint density at radius 3 is 2.30 bits per heavy atom. The molecule has 2 aromatic heterocycles. The van der Waals surface area contributed by atoms with Crippen molar-refractivity contribution < 1.29 is 9.84 Å². The van der Waals surface area contributed by atoms with Gasteiger partial charge in [0.25, 0.3) is 5.56 Å². The van der Waals surface area contributed by atoms with Crippen LogP contribution in [0.1, 0.15) is 8.35 Å². The maximum atomic E-state index is 13.3. The number of hydrogen-bond donors (Lipinski definition) is 1. The molecule has 0 bridgehead atoms. The molecule has 1 N–H and O–H groups in total. The molecule has 0 amide bonds. The van der Waals surface area contributed by atoms with E-state index in [0.717, 1.165) is 43.5 Å². The summed E-state index contributed by atoms with van der Waals surface area (Å²) in [6, 6.07) is 16.3. The SMILES string of the molecule is CCn1c(=O)c(-c2ccc(S(C)(=O)=O)cc2)cc2cnc(Nc3ccc(N4CCN(C)CC4)cc3)nc21.[HH]. The number of pyridine rings is 1. The lowest BCUT2D eigenvalue weighted by atomic mass is 10.1. The molecule has 1 saturated heterocycles. The summed E-state index contributed by atoms with van der Waals surface area (Å²) in [5.41, 5.74) is 3.52. The van der Waals surface area contributed by atoms with Gasteiger partial charge in [0.05, 0.1) is 4.90 Å². The third-order valence-corrected chi connectivity index (χ3v) is 7.86. The van der Waals surface area contributed by atoms with E-state index < -0.39 is 9.84 Å². The summed E-state index contributed by atoms with van der Waals surface area (Å²) in [5, 5.41) is 3.97. The number of benzene rings is 2. The summed E-state index contributed by atoms with van der Waals surface area (Å²) in [4.78, 5) is 27.4. The maximum absolute atomic E-state index is 13.3. The second kappa shape index (κ2) is 9.95. The molecule has 1 aliphatic rings. The van der Waals surface area contributed by atoms with Crippen molar-refractivity contribution in [1.82, 2.24) is 19.4 Å². The van der Waals surface area contributed by atoms with E-state index in [2.05, 4.69) is 44.3 Å². The van der Waals surface area contributed by atoms with Gasteiger partial charge in [-0.2, -0.15) is 4.98 Å². The quantitative estimate of drug-likeness (QED) is 0.412. The fourth-order valence-corrected chi connectivity index (χ4v) is 5.18. The first-order valence-electron chi connectivity index (χ1n) is 12.2. The van der Waals surface area contributed by atoms with Crippen molar-refractivity contribution in [2.75, 3.05) is 49.7 Å². The average Bonchev–Trinajstić information content (AvgIpc) is 2.89. The fraction of sp³-hybridized carbons (Fsp3) is 0.296. The predicted octanol–water partition coefficient (Wildman–Crippen LogP) is 3.62. The van der Waals surface area contributed by atoms with Crippen LogP contribution < -0.4 is 15.8 Å². The Kier molecular flexibility index (Phi) is 6.70. The number of piperazine rings is 1. The van der Waals surface area contributed by atoms with Gasteiger partial charge in [-0.25, -0.2) is 13.4 Å². The third kappa shape index (κ3) is 5.21. The van der Waals surface area contributed by atoms with Gasteiger partial charge in [-0.15, -0.1) is 0 Å². The minimum atomic E-state index is -3.31. The number of anilines is 3. The standard InChI is InChI=1S/C27H30N6O3S.H2/c1-4-33-25-20(17-24(26(33)34)19-5-11-23(12-6-19)37(3,35)36)18-28-27(30-25)29-21-7-9-22(10-8-21)32-15-13-31(2)14-16-32;/h5-12,17-18H,4,13-16H2,1-3H3,(H,28,29,30);1H. The van der Waals surface area contributed by atoms with Crippen molar-refractivity contribution in [2.45, 2.75) is 18.4 Å². The molecule has 9 nitrogen and oxygen atoms in total. The van der Waals surface area contributed by atoms with E-state index in [1.165, 1.54) is 17.8 Å². The van der Waals surface area contributed by atoms with Crippen molar-refractivity contribution in [3.8, 4) is 11.1 Å². The molecule has 0 spiro atoms. The lowest BCUT2D eigenvalue weighted by molar-refractivity contribution is 0.313. The zero-order valence-corrected chi connectivity index (χ0v) is 22.0. The highest BCUT2D eigenvalue weighted by atomic mass is 32.2. The number of likely N-dealkylation sites (N-methyl/N-ethyl adjacent to an activating group) is 1. The van der Waals surface area contributed by atoms with Gasteiger partial charge in [-0.1, -0.05) is 12.1 Å². The number of aryl methyl sites for hydroxylation is 1. The molecule has 0 aliphatic carbocycles. The molecule has 1 aliphatic heterocycles. The van der Waals surface area contributed by atoms with Crippen molar-refractivity contribution in [1.29, 1.82) is 0 Å². The highest BCUT2D eigenvalue weighted by Gasteiger charge is 2.16. The largest absolute Gasteiger partial charge is 0.369 e. The first kappa shape index (κ1) is 24.9. The van der Waals surface area contributed by atoms with Gasteiger partial charge in [0.2, 0.25) is 5.95 Å². The van der Waals surface area contributed by atoms with Crippen LogP contribution in [0.2, 0.25) is 0 Å². The molecule has 194 valence electrons. The predicted molar refractivity (Wildman–Crippen MR) is 150 cm³/mol. The summed E-state index contributed by atoms with van der Waals surface area (Å²) in [7, 11) is -1.17. The first-order chi connectivity index (χ1) is 17.7. The summed E-state index contributed by atoms with van der Waals surface area (Å²) in [6.45, 7) is 6.45.